The summed E-state index contributed by atoms with van der Waals surface area (Å²) in [5.74, 6) is -0.611. The van der Waals surface area contributed by atoms with Gasteiger partial charge in [-0.2, -0.15) is 13.2 Å². The predicted molar refractivity (Wildman–Crippen MR) is 370 cm³/mol. The third-order valence-corrected chi connectivity index (χ3v) is 19.2. The first kappa shape index (κ1) is 54.2. The molecule has 0 N–H and O–H groups in total. The summed E-state index contributed by atoms with van der Waals surface area (Å²) in [4.78, 5) is 11.7. The molecule has 5 nitrogen and oxygen atoms in total. The second-order valence-electron chi connectivity index (χ2n) is 23.2. The molecule has 0 saturated heterocycles. The highest BCUT2D eigenvalue weighted by molar-refractivity contribution is 8.00. The summed E-state index contributed by atoms with van der Waals surface area (Å²) in [6, 6.07) is 102. The molecule has 91 heavy (non-hydrogen) atoms. The van der Waals surface area contributed by atoms with Gasteiger partial charge in [0.25, 0.3) is 6.71 Å². The highest BCUT2D eigenvalue weighted by atomic mass is 32.2. The number of halogens is 4. The molecule has 0 saturated carbocycles. The van der Waals surface area contributed by atoms with Crippen LogP contribution in [0.5, 0.6) is 0 Å². The van der Waals surface area contributed by atoms with Gasteiger partial charge in [0.2, 0.25) is 6.71 Å². The van der Waals surface area contributed by atoms with Gasteiger partial charge >= 0.3 is 6.18 Å². The van der Waals surface area contributed by atoms with Crippen LogP contribution in [0, 0.1) is 5.82 Å². The van der Waals surface area contributed by atoms with E-state index >= 15 is 17.6 Å². The number of para-hydroxylation sites is 9. The fraction of sp³-hybridized carbons (Fsp3) is 0.0127. The van der Waals surface area contributed by atoms with Gasteiger partial charge in [-0.05, 0) is 148 Å². The molecule has 13 aromatic rings. The Morgan fingerprint density at radius 2 is 0.736 bits per heavy atom. The van der Waals surface area contributed by atoms with Crippen LogP contribution in [0.1, 0.15) is 5.56 Å². The standard InChI is InChI=1S/C79H51B2F4N5S/c82-75-77-65(51-66-78(75)91-72-50-60(87(55-33-14-4-15-34-55)56-35-16-5-17-36-56)49-71-74(72)81(66)64-44-23-25-46-68(64)89(71)58-39-20-7-21-40-58)80-63-43-22-24-45-67(63)88(57-37-18-6-19-38-57)69-47-59(86(53-29-10-2-11-30-53)54-31-12-3-13-32-54)48-70(73(69)80)90(77)76-61(52-27-8-1-9-28-52)41-26-42-62(76)79(83,84)85/h1-51H. The minimum Gasteiger partial charge on any atom is -0.311 e. The van der Waals surface area contributed by atoms with E-state index in [2.05, 4.69) is 141 Å². The van der Waals surface area contributed by atoms with Crippen molar-refractivity contribution in [3.63, 3.8) is 0 Å². The second kappa shape index (κ2) is 21.7. The zero-order valence-corrected chi connectivity index (χ0v) is 49.6. The average molecular weight is 1200 g/mol. The van der Waals surface area contributed by atoms with Gasteiger partial charge in [-0.15, -0.1) is 0 Å². The van der Waals surface area contributed by atoms with Crippen molar-refractivity contribution in [2.24, 2.45) is 0 Å². The monoisotopic (exact) mass is 1200 g/mol. The SMILES string of the molecule is Fc1c2c(cc3c1N(c1c(-c4ccccc4)cccc1C(F)(F)F)c1cc(N(c4ccccc4)c4ccccc4)cc4c1B3c1ccccc1N4c1ccccc1)B1c3ccccc3N(c3ccccc3)c3cc(N(c4ccccc4)c4ccccc4)cc(c31)S2. The van der Waals surface area contributed by atoms with Crippen LogP contribution in [0.2, 0.25) is 0 Å². The van der Waals surface area contributed by atoms with E-state index in [1.807, 2.05) is 170 Å². The van der Waals surface area contributed by atoms with E-state index in [0.29, 0.717) is 32.9 Å². The van der Waals surface area contributed by atoms with Crippen molar-refractivity contribution in [3.05, 3.63) is 321 Å². The fourth-order valence-electron chi connectivity index (χ4n) is 14.4. The van der Waals surface area contributed by atoms with Gasteiger partial charge in [0.1, 0.15) is 0 Å². The first-order valence-corrected chi connectivity index (χ1v) is 31.2. The molecular formula is C79H51B2F4N5S. The van der Waals surface area contributed by atoms with E-state index in [1.54, 1.807) is 11.0 Å². The second-order valence-corrected chi connectivity index (χ2v) is 24.2. The van der Waals surface area contributed by atoms with Gasteiger partial charge in [-0.25, -0.2) is 4.39 Å². The average Bonchev–Trinajstić information content (AvgIpc) is 0.696. The smallest absolute Gasteiger partial charge is 0.311 e. The Balaban J connectivity index is 1.01. The molecule has 0 spiro atoms. The lowest BCUT2D eigenvalue weighted by atomic mass is 9.31. The highest BCUT2D eigenvalue weighted by Crippen LogP contribution is 2.55. The third-order valence-electron chi connectivity index (χ3n) is 18.1. The number of anilines is 15. The van der Waals surface area contributed by atoms with Crippen LogP contribution >= 0.6 is 11.8 Å². The predicted octanol–water partition coefficient (Wildman–Crippen LogP) is 18.3. The van der Waals surface area contributed by atoms with E-state index in [0.717, 1.165) is 101 Å². The number of hydrogen-bond acceptors (Lipinski definition) is 6. The molecular weight excluding hydrogens is 1150 g/mol. The van der Waals surface area contributed by atoms with Crippen LogP contribution in [-0.2, 0) is 6.18 Å². The molecule has 432 valence electrons. The molecule has 0 atom stereocenters. The minimum absolute atomic E-state index is 0.0553. The van der Waals surface area contributed by atoms with Crippen molar-refractivity contribution < 1.29 is 17.6 Å². The van der Waals surface area contributed by atoms with Gasteiger partial charge in [-0.1, -0.05) is 211 Å². The van der Waals surface area contributed by atoms with E-state index in [4.69, 9.17) is 0 Å². The lowest BCUT2D eigenvalue weighted by Gasteiger charge is -2.47. The summed E-state index contributed by atoms with van der Waals surface area (Å²) in [5.41, 5.74) is 15.5. The first-order valence-electron chi connectivity index (χ1n) is 30.4. The van der Waals surface area contributed by atoms with Crippen molar-refractivity contribution in [3.8, 4) is 11.1 Å². The molecule has 4 heterocycles. The number of fused-ring (bicyclic) bond motifs is 8. The van der Waals surface area contributed by atoms with Crippen molar-refractivity contribution in [1.29, 1.82) is 0 Å². The number of rotatable bonds is 10. The summed E-state index contributed by atoms with van der Waals surface area (Å²) < 4.78 is 71.0. The molecule has 0 bridgehead atoms. The molecule has 0 aliphatic carbocycles. The van der Waals surface area contributed by atoms with Crippen LogP contribution in [0.15, 0.2) is 319 Å². The molecule has 0 unspecified atom stereocenters. The maximum atomic E-state index is 20.6. The summed E-state index contributed by atoms with van der Waals surface area (Å²) in [6.45, 7) is -1.20. The Bertz CT molecular complexity index is 4880. The number of nitrogens with zero attached hydrogens (tertiary/aromatic N) is 5. The molecule has 4 aliphatic heterocycles. The summed E-state index contributed by atoms with van der Waals surface area (Å²) in [5, 5.41) is 0. The molecule has 17 rings (SSSR count). The van der Waals surface area contributed by atoms with Gasteiger partial charge in [0.15, 0.2) is 5.82 Å². The Kier molecular flexibility index (Phi) is 12.9. The maximum absolute atomic E-state index is 20.6. The molecule has 4 aliphatic rings. The first-order chi connectivity index (χ1) is 44.8. The normalized spacial score (nSPS) is 13.1. The molecule has 13 aromatic carbocycles. The van der Waals surface area contributed by atoms with E-state index in [-0.39, 0.29) is 11.4 Å². The summed E-state index contributed by atoms with van der Waals surface area (Å²) in [7, 11) is 0. The van der Waals surface area contributed by atoms with Crippen molar-refractivity contribution >= 4 is 143 Å². The summed E-state index contributed by atoms with van der Waals surface area (Å²) in [6.07, 6.45) is -4.90. The Labute approximate surface area is 530 Å². The number of benzene rings is 13. The van der Waals surface area contributed by atoms with Crippen LogP contribution < -0.4 is 57.3 Å². The van der Waals surface area contributed by atoms with Gasteiger partial charge in [0, 0.05) is 83.6 Å². The quantitative estimate of drug-likeness (QED) is 0.0995. The largest absolute Gasteiger partial charge is 0.418 e. The molecule has 0 amide bonds. The van der Waals surface area contributed by atoms with Crippen LogP contribution in [-0.4, -0.2) is 13.4 Å². The Hall–Kier alpha value is -10.9. The van der Waals surface area contributed by atoms with Crippen molar-refractivity contribution in [2.45, 2.75) is 16.0 Å². The van der Waals surface area contributed by atoms with Crippen molar-refractivity contribution in [1.82, 2.24) is 0 Å². The van der Waals surface area contributed by atoms with Crippen LogP contribution in [0.3, 0.4) is 0 Å². The van der Waals surface area contributed by atoms with E-state index in [9.17, 15) is 0 Å². The van der Waals surface area contributed by atoms with E-state index in [1.165, 1.54) is 17.8 Å². The Morgan fingerprint density at radius 3 is 1.22 bits per heavy atom. The molecule has 12 heteroatoms. The third kappa shape index (κ3) is 8.79. The molecule has 0 aromatic heterocycles. The maximum Gasteiger partial charge on any atom is 0.418 e. The zero-order chi connectivity index (χ0) is 60.9. The Morgan fingerprint density at radius 1 is 0.330 bits per heavy atom. The minimum atomic E-state index is -4.90. The van der Waals surface area contributed by atoms with Crippen LogP contribution in [0.25, 0.3) is 11.1 Å². The lowest BCUT2D eigenvalue weighted by Crippen LogP contribution is -2.65. The topological polar surface area (TPSA) is 16.2 Å². The molecule has 0 radical (unpaired) electrons. The zero-order valence-electron chi connectivity index (χ0n) is 48.8. The summed E-state index contributed by atoms with van der Waals surface area (Å²) >= 11 is 1.35. The van der Waals surface area contributed by atoms with Gasteiger partial charge in [-0.3, -0.25) is 0 Å². The van der Waals surface area contributed by atoms with Gasteiger partial charge in [0.05, 0.1) is 22.6 Å². The van der Waals surface area contributed by atoms with E-state index < -0.39 is 31.0 Å². The highest BCUT2D eigenvalue weighted by Gasteiger charge is 2.51. The number of alkyl halides is 3. The van der Waals surface area contributed by atoms with Crippen molar-refractivity contribution in [2.75, 3.05) is 24.5 Å². The molecule has 0 fully saturated rings. The lowest BCUT2D eigenvalue weighted by molar-refractivity contribution is -0.137. The number of hydrogen-bond donors (Lipinski definition) is 0. The fourth-order valence-corrected chi connectivity index (χ4v) is 15.7. The van der Waals surface area contributed by atoms with Gasteiger partial charge < -0.3 is 24.5 Å². The van der Waals surface area contributed by atoms with Crippen LogP contribution in [0.4, 0.5) is 103 Å².